The predicted molar refractivity (Wildman–Crippen MR) is 120 cm³/mol. The lowest BCUT2D eigenvalue weighted by Crippen LogP contribution is -2.32. The minimum Gasteiger partial charge on any atom is -0.348 e. The largest absolute Gasteiger partial charge is 0.348 e. The summed E-state index contributed by atoms with van der Waals surface area (Å²) >= 11 is 4.23. The highest BCUT2D eigenvalue weighted by Gasteiger charge is 2.19. The van der Waals surface area contributed by atoms with Crippen LogP contribution in [0.5, 0.6) is 0 Å². The van der Waals surface area contributed by atoms with Gasteiger partial charge in [-0.2, -0.15) is 0 Å². The van der Waals surface area contributed by atoms with Gasteiger partial charge in [0.25, 0.3) is 5.91 Å². The number of thioether (sulfide) groups is 1. The van der Waals surface area contributed by atoms with E-state index in [1.807, 2.05) is 17.5 Å². The second kappa shape index (κ2) is 10.6. The third-order valence-electron chi connectivity index (χ3n) is 4.05. The third kappa shape index (κ3) is 6.35. The van der Waals surface area contributed by atoms with E-state index in [1.54, 1.807) is 11.3 Å². The Morgan fingerprint density at radius 1 is 1.17 bits per heavy atom. The van der Waals surface area contributed by atoms with E-state index in [2.05, 4.69) is 34.7 Å². The van der Waals surface area contributed by atoms with Crippen molar-refractivity contribution < 1.29 is 14.0 Å². The highest BCUT2D eigenvalue weighted by atomic mass is 32.2. The van der Waals surface area contributed by atoms with Crippen molar-refractivity contribution >= 4 is 51.9 Å². The lowest BCUT2D eigenvalue weighted by molar-refractivity contribution is -0.119. The topological polar surface area (TPSA) is 84.0 Å². The van der Waals surface area contributed by atoms with Gasteiger partial charge in [0.15, 0.2) is 0 Å². The SMILES string of the molecule is CC(C)C(NC(=O)CSCc1nnc(C(=O)Nc2ccc(F)cc2)s1)c1cccs1. The van der Waals surface area contributed by atoms with Crippen LogP contribution in [0.25, 0.3) is 0 Å². The Labute approximate surface area is 186 Å². The second-order valence-electron chi connectivity index (χ2n) is 6.76. The summed E-state index contributed by atoms with van der Waals surface area (Å²) in [6.07, 6.45) is 0. The number of aromatic nitrogens is 2. The quantitative estimate of drug-likeness (QED) is 0.478. The van der Waals surface area contributed by atoms with Crippen molar-refractivity contribution in [1.82, 2.24) is 15.5 Å². The molecule has 0 aliphatic rings. The lowest BCUT2D eigenvalue weighted by Gasteiger charge is -2.21. The van der Waals surface area contributed by atoms with Gasteiger partial charge in [0, 0.05) is 16.3 Å². The van der Waals surface area contributed by atoms with E-state index in [4.69, 9.17) is 0 Å². The predicted octanol–water partition coefficient (Wildman–Crippen LogP) is 4.74. The van der Waals surface area contributed by atoms with E-state index in [0.29, 0.717) is 28.1 Å². The molecule has 2 amide bonds. The number of hydrogen-bond acceptors (Lipinski definition) is 7. The molecule has 158 valence electrons. The zero-order valence-corrected chi connectivity index (χ0v) is 18.9. The molecule has 2 N–H and O–H groups in total. The summed E-state index contributed by atoms with van der Waals surface area (Å²) in [7, 11) is 0. The number of hydrogen-bond donors (Lipinski definition) is 2. The Kier molecular flexibility index (Phi) is 7.94. The molecule has 6 nitrogen and oxygen atoms in total. The van der Waals surface area contributed by atoms with Gasteiger partial charge in [-0.05, 0) is 41.6 Å². The number of rotatable bonds is 9. The number of carbonyl (C=O) groups excluding carboxylic acids is 2. The number of thiophene rings is 1. The molecular weight excluding hydrogens is 443 g/mol. The van der Waals surface area contributed by atoms with Crippen LogP contribution in [0, 0.1) is 11.7 Å². The molecule has 0 aliphatic carbocycles. The number of benzene rings is 1. The standard InChI is InChI=1S/C20H21FN4O2S3/c1-12(2)18(15-4-3-9-29-15)23-16(26)10-28-11-17-24-25-20(30-17)19(27)22-14-7-5-13(21)6-8-14/h3-9,12,18H,10-11H2,1-2H3,(H,22,27)(H,23,26). The first-order chi connectivity index (χ1) is 14.4. The minimum absolute atomic E-state index is 0.00129. The molecule has 1 aromatic carbocycles. The van der Waals surface area contributed by atoms with E-state index >= 15 is 0 Å². The molecule has 1 atom stereocenters. The first kappa shape index (κ1) is 22.4. The summed E-state index contributed by atoms with van der Waals surface area (Å²) in [5, 5.41) is 16.5. The van der Waals surface area contributed by atoms with Crippen LogP contribution in [0.1, 0.15) is 39.6 Å². The monoisotopic (exact) mass is 464 g/mol. The molecule has 0 saturated heterocycles. The number of nitrogens with one attached hydrogen (secondary N) is 2. The minimum atomic E-state index is -0.399. The molecule has 10 heteroatoms. The van der Waals surface area contributed by atoms with E-state index in [-0.39, 0.29) is 22.8 Å². The van der Waals surface area contributed by atoms with Gasteiger partial charge in [-0.3, -0.25) is 9.59 Å². The molecule has 2 heterocycles. The van der Waals surface area contributed by atoms with Crippen molar-refractivity contribution in [3.05, 3.63) is 62.5 Å². The maximum atomic E-state index is 12.9. The molecule has 0 fully saturated rings. The molecule has 0 saturated carbocycles. The Balaban J connectivity index is 1.46. The van der Waals surface area contributed by atoms with Gasteiger partial charge < -0.3 is 10.6 Å². The van der Waals surface area contributed by atoms with Crippen LogP contribution in [0.3, 0.4) is 0 Å². The fourth-order valence-corrected chi connectivity index (χ4v) is 5.17. The molecule has 0 radical (unpaired) electrons. The van der Waals surface area contributed by atoms with Crippen LogP contribution in [0.4, 0.5) is 10.1 Å². The fraction of sp³-hybridized carbons (Fsp3) is 0.300. The van der Waals surface area contributed by atoms with Crippen molar-refractivity contribution in [1.29, 1.82) is 0 Å². The molecule has 1 unspecified atom stereocenters. The summed E-state index contributed by atoms with van der Waals surface area (Å²) < 4.78 is 12.9. The first-order valence-electron chi connectivity index (χ1n) is 9.22. The number of anilines is 1. The van der Waals surface area contributed by atoms with Crippen LogP contribution in [-0.4, -0.2) is 27.8 Å². The zero-order valence-electron chi connectivity index (χ0n) is 16.4. The summed E-state index contributed by atoms with van der Waals surface area (Å²) in [4.78, 5) is 25.7. The third-order valence-corrected chi connectivity index (χ3v) is 7.06. The van der Waals surface area contributed by atoms with Crippen LogP contribution in [-0.2, 0) is 10.5 Å². The molecule has 30 heavy (non-hydrogen) atoms. The molecule has 0 aliphatic heterocycles. The normalized spacial score (nSPS) is 12.0. The number of amides is 2. The van der Waals surface area contributed by atoms with E-state index in [9.17, 15) is 14.0 Å². The van der Waals surface area contributed by atoms with E-state index in [1.165, 1.54) is 47.4 Å². The number of nitrogens with zero attached hydrogens (tertiary/aromatic N) is 2. The van der Waals surface area contributed by atoms with Crippen molar-refractivity contribution in [2.24, 2.45) is 5.92 Å². The highest BCUT2D eigenvalue weighted by molar-refractivity contribution is 7.99. The number of carbonyl (C=O) groups is 2. The Hall–Kier alpha value is -2.30. The van der Waals surface area contributed by atoms with Gasteiger partial charge in [0.1, 0.15) is 10.8 Å². The molecule has 2 aromatic heterocycles. The average molecular weight is 465 g/mol. The van der Waals surface area contributed by atoms with Crippen LogP contribution in [0.15, 0.2) is 41.8 Å². The van der Waals surface area contributed by atoms with Crippen molar-refractivity contribution in [2.75, 3.05) is 11.1 Å². The molecule has 3 rings (SSSR count). The van der Waals surface area contributed by atoms with Crippen LogP contribution in [0.2, 0.25) is 0 Å². The van der Waals surface area contributed by atoms with E-state index in [0.717, 1.165) is 4.88 Å². The second-order valence-corrected chi connectivity index (χ2v) is 9.79. The summed E-state index contributed by atoms with van der Waals surface area (Å²) in [5.74, 6) is 0.269. The Bertz CT molecular complexity index is 974. The van der Waals surface area contributed by atoms with Gasteiger partial charge >= 0.3 is 0 Å². The fourth-order valence-electron chi connectivity index (χ4n) is 2.60. The number of halogens is 1. The summed E-state index contributed by atoms with van der Waals surface area (Å²) in [6.45, 7) is 4.16. The van der Waals surface area contributed by atoms with Gasteiger partial charge in [-0.25, -0.2) is 4.39 Å². The van der Waals surface area contributed by atoms with Crippen molar-refractivity contribution in [3.63, 3.8) is 0 Å². The van der Waals surface area contributed by atoms with E-state index < -0.39 is 5.91 Å². The van der Waals surface area contributed by atoms with Crippen LogP contribution >= 0.6 is 34.4 Å². The summed E-state index contributed by atoms with van der Waals surface area (Å²) in [6, 6.07) is 9.50. The molecule has 0 bridgehead atoms. The first-order valence-corrected chi connectivity index (χ1v) is 12.1. The molecule has 0 spiro atoms. The van der Waals surface area contributed by atoms with Crippen molar-refractivity contribution in [2.45, 2.75) is 25.6 Å². The van der Waals surface area contributed by atoms with Gasteiger partial charge in [0.2, 0.25) is 10.9 Å². The van der Waals surface area contributed by atoms with Gasteiger partial charge in [0.05, 0.1) is 11.8 Å². The zero-order chi connectivity index (χ0) is 21.5. The van der Waals surface area contributed by atoms with Gasteiger partial charge in [-0.15, -0.1) is 33.3 Å². The summed E-state index contributed by atoms with van der Waals surface area (Å²) in [5.41, 5.74) is 0.481. The molecule has 3 aromatic rings. The highest BCUT2D eigenvalue weighted by Crippen LogP contribution is 2.26. The maximum absolute atomic E-state index is 12.9. The van der Waals surface area contributed by atoms with Crippen LogP contribution < -0.4 is 10.6 Å². The van der Waals surface area contributed by atoms with Crippen molar-refractivity contribution in [3.8, 4) is 0 Å². The molecular formula is C20H21FN4O2S3. The Morgan fingerprint density at radius 2 is 1.93 bits per heavy atom. The lowest BCUT2D eigenvalue weighted by atomic mass is 10.0. The average Bonchev–Trinajstić information content (AvgIpc) is 3.40. The van der Waals surface area contributed by atoms with Gasteiger partial charge in [-0.1, -0.05) is 31.3 Å². The Morgan fingerprint density at radius 3 is 2.60 bits per heavy atom. The smallest absolute Gasteiger partial charge is 0.286 e. The maximum Gasteiger partial charge on any atom is 0.286 e.